The molecule has 0 aliphatic carbocycles. The zero-order valence-corrected chi connectivity index (χ0v) is 14.0. The number of benzene rings is 2. The standard InChI is InChI=1S/C19H16N4O3/c1-22-10-9-14-15(7-4-8-16(14)22)20-17(24)11-23-19(26)13-6-3-2-5-12(13)18(25)21-23/h2-10H,11H2,1H3,(H,20,24)(H,21,25). The number of aromatic amines is 1. The van der Waals surface area contributed by atoms with Gasteiger partial charge in [0.15, 0.2) is 0 Å². The molecular formula is C19H16N4O3. The number of amides is 1. The van der Waals surface area contributed by atoms with Gasteiger partial charge in [0.05, 0.1) is 16.5 Å². The molecule has 2 N–H and O–H groups in total. The first-order valence-corrected chi connectivity index (χ1v) is 8.10. The molecule has 0 aliphatic rings. The summed E-state index contributed by atoms with van der Waals surface area (Å²) in [6.07, 6.45) is 1.91. The number of carbonyl (C=O) groups excluding carboxylic acids is 1. The Morgan fingerprint density at radius 2 is 1.77 bits per heavy atom. The molecule has 26 heavy (non-hydrogen) atoms. The van der Waals surface area contributed by atoms with Gasteiger partial charge in [-0.1, -0.05) is 18.2 Å². The van der Waals surface area contributed by atoms with E-state index in [9.17, 15) is 14.4 Å². The number of nitrogens with one attached hydrogen (secondary N) is 2. The van der Waals surface area contributed by atoms with Crippen molar-refractivity contribution in [2.75, 3.05) is 5.32 Å². The van der Waals surface area contributed by atoms with E-state index in [1.165, 1.54) is 0 Å². The second-order valence-electron chi connectivity index (χ2n) is 6.09. The first-order valence-electron chi connectivity index (χ1n) is 8.10. The Labute approximate surface area is 147 Å². The van der Waals surface area contributed by atoms with Crippen LogP contribution < -0.4 is 16.4 Å². The number of H-pyrrole nitrogens is 1. The van der Waals surface area contributed by atoms with Crippen LogP contribution in [0.5, 0.6) is 0 Å². The normalized spacial score (nSPS) is 11.1. The highest BCUT2D eigenvalue weighted by molar-refractivity contribution is 6.01. The van der Waals surface area contributed by atoms with E-state index >= 15 is 0 Å². The summed E-state index contributed by atoms with van der Waals surface area (Å²) in [6.45, 7) is -0.276. The van der Waals surface area contributed by atoms with Gasteiger partial charge in [0, 0.05) is 24.1 Å². The second-order valence-corrected chi connectivity index (χ2v) is 6.09. The molecule has 4 aromatic rings. The third-order valence-corrected chi connectivity index (χ3v) is 4.39. The number of hydrogen-bond donors (Lipinski definition) is 2. The monoisotopic (exact) mass is 348 g/mol. The number of anilines is 1. The molecule has 0 bridgehead atoms. The lowest BCUT2D eigenvalue weighted by Crippen LogP contribution is -2.34. The molecule has 0 saturated heterocycles. The molecule has 0 unspecified atom stereocenters. The summed E-state index contributed by atoms with van der Waals surface area (Å²) < 4.78 is 2.99. The first kappa shape index (κ1) is 15.9. The predicted octanol–water partition coefficient (Wildman–Crippen LogP) is 1.82. The van der Waals surface area contributed by atoms with Gasteiger partial charge < -0.3 is 9.88 Å². The molecule has 0 radical (unpaired) electrons. The van der Waals surface area contributed by atoms with E-state index in [0.29, 0.717) is 11.1 Å². The molecule has 2 aromatic heterocycles. The van der Waals surface area contributed by atoms with Gasteiger partial charge in [-0.05, 0) is 30.3 Å². The Hall–Kier alpha value is -3.61. The number of aryl methyl sites for hydroxylation is 1. The topological polar surface area (TPSA) is 88.9 Å². The van der Waals surface area contributed by atoms with E-state index in [1.807, 2.05) is 36.0 Å². The summed E-state index contributed by atoms with van der Waals surface area (Å²) in [7, 11) is 1.92. The van der Waals surface area contributed by atoms with E-state index < -0.39 is 17.0 Å². The molecule has 0 spiro atoms. The molecule has 2 aromatic carbocycles. The van der Waals surface area contributed by atoms with Gasteiger partial charge >= 0.3 is 0 Å². The Morgan fingerprint density at radius 3 is 2.58 bits per heavy atom. The fraction of sp³-hybridized carbons (Fsp3) is 0.105. The van der Waals surface area contributed by atoms with Crippen LogP contribution in [0.15, 0.2) is 64.3 Å². The summed E-state index contributed by atoms with van der Waals surface area (Å²) in [6, 6.07) is 14.0. The summed E-state index contributed by atoms with van der Waals surface area (Å²) in [4.78, 5) is 37.0. The molecule has 0 saturated carbocycles. The van der Waals surface area contributed by atoms with Crippen LogP contribution in [0.4, 0.5) is 5.69 Å². The summed E-state index contributed by atoms with van der Waals surface area (Å²) in [5.41, 5.74) is 0.829. The Bertz CT molecular complexity index is 1260. The quantitative estimate of drug-likeness (QED) is 0.592. The van der Waals surface area contributed by atoms with Crippen molar-refractivity contribution in [1.82, 2.24) is 14.3 Å². The predicted molar refractivity (Wildman–Crippen MR) is 100 cm³/mol. The summed E-state index contributed by atoms with van der Waals surface area (Å²) >= 11 is 0. The van der Waals surface area contributed by atoms with Crippen LogP contribution in [0.2, 0.25) is 0 Å². The minimum Gasteiger partial charge on any atom is -0.350 e. The second kappa shape index (κ2) is 6.03. The van der Waals surface area contributed by atoms with E-state index in [-0.39, 0.29) is 11.9 Å². The molecule has 7 heteroatoms. The lowest BCUT2D eigenvalue weighted by atomic mass is 10.2. The first-order chi connectivity index (χ1) is 12.5. The van der Waals surface area contributed by atoms with Gasteiger partial charge in [-0.2, -0.15) is 0 Å². The molecule has 4 rings (SSSR count). The van der Waals surface area contributed by atoms with Crippen LogP contribution in [-0.4, -0.2) is 20.3 Å². The Kier molecular flexibility index (Phi) is 3.69. The third-order valence-electron chi connectivity index (χ3n) is 4.39. The molecule has 130 valence electrons. The van der Waals surface area contributed by atoms with Crippen LogP contribution in [-0.2, 0) is 18.4 Å². The van der Waals surface area contributed by atoms with Crippen LogP contribution >= 0.6 is 0 Å². The molecule has 7 nitrogen and oxygen atoms in total. The lowest BCUT2D eigenvalue weighted by Gasteiger charge is -2.09. The van der Waals surface area contributed by atoms with E-state index in [0.717, 1.165) is 15.6 Å². The zero-order chi connectivity index (χ0) is 18.3. The fourth-order valence-electron chi connectivity index (χ4n) is 3.10. The maximum Gasteiger partial charge on any atom is 0.273 e. The van der Waals surface area contributed by atoms with Crippen molar-refractivity contribution in [2.24, 2.45) is 7.05 Å². The maximum atomic E-state index is 12.5. The average Bonchev–Trinajstić information content (AvgIpc) is 3.02. The number of aromatic nitrogens is 3. The number of rotatable bonds is 3. The SMILES string of the molecule is Cn1ccc2c(NC(=O)Cn3[nH]c(=O)c4ccccc4c3=O)cccc21. The highest BCUT2D eigenvalue weighted by Crippen LogP contribution is 2.23. The highest BCUT2D eigenvalue weighted by atomic mass is 16.2. The summed E-state index contributed by atoms with van der Waals surface area (Å²) in [5, 5.41) is 6.77. The van der Waals surface area contributed by atoms with E-state index in [4.69, 9.17) is 0 Å². The van der Waals surface area contributed by atoms with Crippen molar-refractivity contribution in [2.45, 2.75) is 6.54 Å². The van der Waals surface area contributed by atoms with Gasteiger partial charge in [-0.25, -0.2) is 4.68 Å². The molecular weight excluding hydrogens is 332 g/mol. The van der Waals surface area contributed by atoms with Gasteiger partial charge in [0.2, 0.25) is 5.91 Å². The van der Waals surface area contributed by atoms with Crippen LogP contribution in [0, 0.1) is 0 Å². The summed E-state index contributed by atoms with van der Waals surface area (Å²) in [5.74, 6) is -0.394. The molecule has 2 heterocycles. The molecule has 0 atom stereocenters. The van der Waals surface area contributed by atoms with Crippen molar-refractivity contribution in [1.29, 1.82) is 0 Å². The van der Waals surface area contributed by atoms with Crippen LogP contribution in [0.1, 0.15) is 0 Å². The molecule has 1 amide bonds. The number of fused-ring (bicyclic) bond motifs is 2. The van der Waals surface area contributed by atoms with Gasteiger partial charge in [0.1, 0.15) is 6.54 Å². The molecule has 0 fully saturated rings. The highest BCUT2D eigenvalue weighted by Gasteiger charge is 2.12. The maximum absolute atomic E-state index is 12.5. The van der Waals surface area contributed by atoms with Crippen LogP contribution in [0.25, 0.3) is 21.7 Å². The minimum atomic E-state index is -0.409. The largest absolute Gasteiger partial charge is 0.350 e. The lowest BCUT2D eigenvalue weighted by molar-refractivity contribution is -0.117. The van der Waals surface area contributed by atoms with Gasteiger partial charge in [-0.3, -0.25) is 19.5 Å². The van der Waals surface area contributed by atoms with Crippen molar-refractivity contribution in [3.05, 3.63) is 75.4 Å². The number of hydrogen-bond acceptors (Lipinski definition) is 3. The van der Waals surface area contributed by atoms with Crippen molar-refractivity contribution in [3.8, 4) is 0 Å². The minimum absolute atomic E-state index is 0.276. The average molecular weight is 348 g/mol. The third kappa shape index (κ3) is 2.59. The number of nitrogens with zero attached hydrogens (tertiary/aromatic N) is 2. The molecule has 0 aliphatic heterocycles. The van der Waals surface area contributed by atoms with Gasteiger partial charge in [-0.15, -0.1) is 0 Å². The van der Waals surface area contributed by atoms with E-state index in [2.05, 4.69) is 10.4 Å². The smallest absolute Gasteiger partial charge is 0.273 e. The van der Waals surface area contributed by atoms with Crippen molar-refractivity contribution < 1.29 is 4.79 Å². The fourth-order valence-corrected chi connectivity index (χ4v) is 3.10. The van der Waals surface area contributed by atoms with Crippen molar-refractivity contribution >= 4 is 33.3 Å². The van der Waals surface area contributed by atoms with Gasteiger partial charge in [0.25, 0.3) is 11.1 Å². The van der Waals surface area contributed by atoms with Crippen molar-refractivity contribution in [3.63, 3.8) is 0 Å². The number of carbonyl (C=O) groups is 1. The van der Waals surface area contributed by atoms with E-state index in [1.54, 1.807) is 30.3 Å². The Morgan fingerprint density at radius 1 is 1.00 bits per heavy atom. The van der Waals surface area contributed by atoms with Crippen LogP contribution in [0.3, 0.4) is 0 Å². The Balaban J connectivity index is 1.66. The zero-order valence-electron chi connectivity index (χ0n) is 14.0.